The van der Waals surface area contributed by atoms with E-state index in [0.717, 1.165) is 4.90 Å². The first kappa shape index (κ1) is 21.5. The molecule has 3 N–H and O–H groups in total. The summed E-state index contributed by atoms with van der Waals surface area (Å²) in [5.74, 6) is -2.32. The van der Waals surface area contributed by atoms with Gasteiger partial charge in [0.15, 0.2) is 0 Å². The third kappa shape index (κ3) is 4.05. The number of hydrogen-bond acceptors (Lipinski definition) is 5. The molecule has 5 amide bonds. The summed E-state index contributed by atoms with van der Waals surface area (Å²) < 4.78 is 0. The minimum Gasteiger partial charge on any atom is -0.465 e. The average Bonchev–Trinajstić information content (AvgIpc) is 2.89. The Balaban J connectivity index is 1.92. The molecule has 0 spiro atoms. The van der Waals surface area contributed by atoms with Gasteiger partial charge in [0.2, 0.25) is 11.8 Å². The van der Waals surface area contributed by atoms with Crippen molar-refractivity contribution in [2.45, 2.75) is 46.1 Å². The van der Waals surface area contributed by atoms with Gasteiger partial charge in [-0.25, -0.2) is 4.79 Å². The Labute approximate surface area is 173 Å². The SMILES string of the molecule is CC(C)(C)C(CNC(=O)O)Cc1cccc2c1C(=O)N(C1CCC(=O)NC1=O)C2=O. The maximum absolute atomic E-state index is 13.2. The Morgan fingerprint density at radius 2 is 1.93 bits per heavy atom. The number of fused-ring (bicyclic) bond motifs is 1. The van der Waals surface area contributed by atoms with E-state index in [2.05, 4.69) is 10.6 Å². The molecule has 0 saturated carbocycles. The van der Waals surface area contributed by atoms with Gasteiger partial charge in [0.25, 0.3) is 11.8 Å². The minimum absolute atomic E-state index is 0.0592. The highest BCUT2D eigenvalue weighted by molar-refractivity contribution is 6.24. The van der Waals surface area contributed by atoms with Crippen molar-refractivity contribution in [1.29, 1.82) is 0 Å². The molecule has 3 rings (SSSR count). The standard InChI is InChI=1S/C21H25N3O6/c1-21(2,3)12(10-22-20(29)30)9-11-5-4-6-13-16(11)19(28)24(18(13)27)14-7-8-15(25)23-17(14)26/h4-6,12,14,22H,7-10H2,1-3H3,(H,29,30)(H,23,25,26). The lowest BCUT2D eigenvalue weighted by Crippen LogP contribution is -2.54. The van der Waals surface area contributed by atoms with Gasteiger partial charge in [0, 0.05) is 13.0 Å². The average molecular weight is 415 g/mol. The van der Waals surface area contributed by atoms with E-state index in [1.54, 1.807) is 18.2 Å². The molecule has 0 bridgehead atoms. The second kappa shape index (κ2) is 7.89. The first-order valence-corrected chi connectivity index (χ1v) is 9.81. The van der Waals surface area contributed by atoms with E-state index in [1.807, 2.05) is 20.8 Å². The van der Waals surface area contributed by atoms with Crippen LogP contribution in [0.4, 0.5) is 4.79 Å². The molecule has 30 heavy (non-hydrogen) atoms. The maximum atomic E-state index is 13.2. The van der Waals surface area contributed by atoms with Crippen LogP contribution in [0.15, 0.2) is 18.2 Å². The summed E-state index contributed by atoms with van der Waals surface area (Å²) in [6.07, 6.45) is -0.588. The van der Waals surface area contributed by atoms with Crippen LogP contribution in [0.1, 0.15) is 59.9 Å². The molecule has 9 heteroatoms. The molecule has 160 valence electrons. The van der Waals surface area contributed by atoms with Crippen LogP contribution in [0.2, 0.25) is 0 Å². The Morgan fingerprint density at radius 3 is 2.53 bits per heavy atom. The third-order valence-electron chi connectivity index (χ3n) is 5.75. The number of rotatable bonds is 5. The maximum Gasteiger partial charge on any atom is 0.404 e. The summed E-state index contributed by atoms with van der Waals surface area (Å²) in [7, 11) is 0. The minimum atomic E-state index is -1.13. The van der Waals surface area contributed by atoms with Gasteiger partial charge in [-0.15, -0.1) is 0 Å². The number of hydrogen-bond donors (Lipinski definition) is 3. The number of benzene rings is 1. The molecule has 9 nitrogen and oxygen atoms in total. The van der Waals surface area contributed by atoms with Crippen molar-refractivity contribution in [1.82, 2.24) is 15.5 Å². The van der Waals surface area contributed by atoms with E-state index in [1.165, 1.54) is 0 Å². The smallest absolute Gasteiger partial charge is 0.404 e. The van der Waals surface area contributed by atoms with Gasteiger partial charge in [-0.3, -0.25) is 29.4 Å². The normalized spacial score (nSPS) is 20.1. The van der Waals surface area contributed by atoms with Gasteiger partial charge in [-0.1, -0.05) is 32.9 Å². The van der Waals surface area contributed by atoms with E-state index in [-0.39, 0.29) is 41.8 Å². The van der Waals surface area contributed by atoms with Crippen molar-refractivity contribution in [3.05, 3.63) is 34.9 Å². The highest BCUT2D eigenvalue weighted by Crippen LogP contribution is 2.34. The van der Waals surface area contributed by atoms with Crippen LogP contribution in [0.25, 0.3) is 0 Å². The Morgan fingerprint density at radius 1 is 1.23 bits per heavy atom. The lowest BCUT2D eigenvalue weighted by molar-refractivity contribution is -0.136. The summed E-state index contributed by atoms with van der Waals surface area (Å²) >= 11 is 0. The number of nitrogens with one attached hydrogen (secondary N) is 2. The predicted molar refractivity (Wildman–Crippen MR) is 106 cm³/mol. The molecule has 1 saturated heterocycles. The Bertz CT molecular complexity index is 933. The van der Waals surface area contributed by atoms with Gasteiger partial charge < -0.3 is 10.4 Å². The first-order valence-electron chi connectivity index (χ1n) is 9.81. The predicted octanol–water partition coefficient (Wildman–Crippen LogP) is 1.56. The zero-order valence-electron chi connectivity index (χ0n) is 17.2. The number of piperidine rings is 1. The van der Waals surface area contributed by atoms with Gasteiger partial charge in [-0.2, -0.15) is 0 Å². The van der Waals surface area contributed by atoms with E-state index in [0.29, 0.717) is 12.0 Å². The van der Waals surface area contributed by atoms with Crippen LogP contribution in [-0.4, -0.2) is 52.3 Å². The lowest BCUT2D eigenvalue weighted by Gasteiger charge is -2.31. The third-order valence-corrected chi connectivity index (χ3v) is 5.75. The highest BCUT2D eigenvalue weighted by Gasteiger charge is 2.45. The lowest BCUT2D eigenvalue weighted by atomic mass is 9.76. The quantitative estimate of drug-likeness (QED) is 0.625. The molecule has 0 aromatic heterocycles. The molecule has 0 radical (unpaired) electrons. The van der Waals surface area contributed by atoms with Crippen LogP contribution in [0, 0.1) is 11.3 Å². The number of carbonyl (C=O) groups excluding carboxylic acids is 4. The van der Waals surface area contributed by atoms with Crippen LogP contribution >= 0.6 is 0 Å². The Hall–Kier alpha value is -3.23. The van der Waals surface area contributed by atoms with Gasteiger partial charge in [0.1, 0.15) is 6.04 Å². The first-order chi connectivity index (χ1) is 14.0. The molecular weight excluding hydrogens is 390 g/mol. The molecular formula is C21H25N3O6. The van der Waals surface area contributed by atoms with Crippen LogP contribution in [0.3, 0.4) is 0 Å². The summed E-state index contributed by atoms with van der Waals surface area (Å²) in [5.41, 5.74) is 0.839. The van der Waals surface area contributed by atoms with Gasteiger partial charge in [-0.05, 0) is 35.8 Å². The van der Waals surface area contributed by atoms with Crippen molar-refractivity contribution in [2.75, 3.05) is 6.54 Å². The fraction of sp³-hybridized carbons (Fsp3) is 0.476. The van der Waals surface area contributed by atoms with E-state index < -0.39 is 35.8 Å². The number of nitrogens with zero attached hydrogens (tertiary/aromatic N) is 1. The number of carbonyl (C=O) groups is 5. The summed E-state index contributed by atoms with van der Waals surface area (Å²) in [5, 5.41) is 13.6. The molecule has 2 aliphatic heterocycles. The molecule has 1 aromatic rings. The van der Waals surface area contributed by atoms with E-state index >= 15 is 0 Å². The largest absolute Gasteiger partial charge is 0.465 e. The zero-order valence-corrected chi connectivity index (χ0v) is 17.2. The highest BCUT2D eigenvalue weighted by atomic mass is 16.4. The topological polar surface area (TPSA) is 133 Å². The molecule has 0 aliphatic carbocycles. The number of carboxylic acid groups (broad SMARTS) is 1. The molecule has 2 unspecified atom stereocenters. The zero-order chi connectivity index (χ0) is 22.2. The fourth-order valence-electron chi connectivity index (χ4n) is 3.92. The van der Waals surface area contributed by atoms with Crippen molar-refractivity contribution >= 4 is 29.7 Å². The number of imide groups is 2. The van der Waals surface area contributed by atoms with Crippen LogP contribution < -0.4 is 10.6 Å². The molecule has 1 aromatic carbocycles. The molecule has 2 atom stereocenters. The van der Waals surface area contributed by atoms with Crippen molar-refractivity contribution < 1.29 is 29.1 Å². The van der Waals surface area contributed by atoms with Crippen LogP contribution in [0.5, 0.6) is 0 Å². The van der Waals surface area contributed by atoms with Crippen LogP contribution in [-0.2, 0) is 16.0 Å². The number of amides is 5. The van der Waals surface area contributed by atoms with Gasteiger partial charge >= 0.3 is 6.09 Å². The van der Waals surface area contributed by atoms with E-state index in [9.17, 15) is 24.0 Å². The van der Waals surface area contributed by atoms with Gasteiger partial charge in [0.05, 0.1) is 11.1 Å². The molecule has 2 aliphatic rings. The van der Waals surface area contributed by atoms with Crippen molar-refractivity contribution in [2.24, 2.45) is 11.3 Å². The Kier molecular flexibility index (Phi) is 5.65. The summed E-state index contributed by atoms with van der Waals surface area (Å²) in [6.45, 7) is 6.13. The molecule has 2 heterocycles. The second-order valence-corrected chi connectivity index (χ2v) is 8.74. The summed E-state index contributed by atoms with van der Waals surface area (Å²) in [6, 6.07) is 3.96. The monoisotopic (exact) mass is 415 g/mol. The van der Waals surface area contributed by atoms with Crippen molar-refractivity contribution in [3.8, 4) is 0 Å². The second-order valence-electron chi connectivity index (χ2n) is 8.74. The van der Waals surface area contributed by atoms with Crippen molar-refractivity contribution in [3.63, 3.8) is 0 Å². The molecule has 1 fully saturated rings. The fourth-order valence-corrected chi connectivity index (χ4v) is 3.92. The van der Waals surface area contributed by atoms with E-state index in [4.69, 9.17) is 5.11 Å². The summed E-state index contributed by atoms with van der Waals surface area (Å²) in [4.78, 5) is 61.7.